The Morgan fingerprint density at radius 3 is 2.10 bits per heavy atom. The molecule has 0 bridgehead atoms. The summed E-state index contributed by atoms with van der Waals surface area (Å²) in [7, 11) is 0. The smallest absolute Gasteiger partial charge is 0.384 e. The van der Waals surface area contributed by atoms with Crippen LogP contribution < -0.4 is 10.6 Å². The lowest BCUT2D eigenvalue weighted by Crippen LogP contribution is -2.28. The van der Waals surface area contributed by atoms with E-state index in [1.165, 1.54) is 6.07 Å². The van der Waals surface area contributed by atoms with Crippen LogP contribution in [0.5, 0.6) is 0 Å². The Hall–Kier alpha value is -1.53. The first kappa shape index (κ1) is 16.5. The molecule has 7 heteroatoms. The van der Waals surface area contributed by atoms with Gasteiger partial charge in [0.15, 0.2) is 0 Å². The van der Waals surface area contributed by atoms with Crippen molar-refractivity contribution in [2.24, 2.45) is 0 Å². The third-order valence-electron chi connectivity index (χ3n) is 2.87. The third kappa shape index (κ3) is 4.86. The predicted molar refractivity (Wildman–Crippen MR) is 73.5 cm³/mol. The fraction of sp³-hybridized carbons (Fsp3) is 0.692. The normalized spacial score (nSPS) is 11.7. The highest BCUT2D eigenvalue weighted by molar-refractivity contribution is 5.47. The molecule has 0 radical (unpaired) electrons. The molecule has 0 aliphatic rings. The van der Waals surface area contributed by atoms with Crippen LogP contribution in [0.1, 0.15) is 45.4 Å². The minimum Gasteiger partial charge on any atom is -0.384 e. The third-order valence-corrected chi connectivity index (χ3v) is 2.87. The first-order valence-corrected chi connectivity index (χ1v) is 6.85. The van der Waals surface area contributed by atoms with Crippen LogP contribution in [0.2, 0.25) is 0 Å². The lowest BCUT2D eigenvalue weighted by atomic mass is 10.2. The molecule has 1 rings (SSSR count). The Morgan fingerprint density at radius 1 is 1.10 bits per heavy atom. The van der Waals surface area contributed by atoms with Gasteiger partial charge in [0.1, 0.15) is 11.6 Å². The van der Waals surface area contributed by atoms with Crippen LogP contribution in [0.15, 0.2) is 6.07 Å². The van der Waals surface area contributed by atoms with Crippen LogP contribution in [0.3, 0.4) is 0 Å². The molecule has 4 nitrogen and oxygen atoms in total. The molecule has 20 heavy (non-hydrogen) atoms. The van der Waals surface area contributed by atoms with Crippen molar-refractivity contribution in [3.8, 4) is 0 Å². The summed E-state index contributed by atoms with van der Waals surface area (Å²) in [5.74, 6) is -1.07. The summed E-state index contributed by atoms with van der Waals surface area (Å²) >= 11 is 0. The van der Waals surface area contributed by atoms with Crippen molar-refractivity contribution in [2.75, 3.05) is 23.7 Å². The number of alkyl halides is 3. The second-order valence-electron chi connectivity index (χ2n) is 4.67. The summed E-state index contributed by atoms with van der Waals surface area (Å²) in [6, 6.07) is 1.40. The van der Waals surface area contributed by atoms with Crippen LogP contribution in [0, 0.1) is 0 Å². The molecule has 0 aliphatic heterocycles. The van der Waals surface area contributed by atoms with E-state index in [2.05, 4.69) is 9.97 Å². The Balaban J connectivity index is 3.02. The number of aromatic nitrogens is 2. The van der Waals surface area contributed by atoms with Crippen LogP contribution in [0.25, 0.3) is 0 Å². The van der Waals surface area contributed by atoms with Gasteiger partial charge in [-0.2, -0.15) is 13.2 Å². The SMILES string of the molecule is CCCCN(CCCC)c1cc(N)nc(C(F)(F)F)n1. The van der Waals surface area contributed by atoms with Gasteiger partial charge in [0, 0.05) is 19.2 Å². The largest absolute Gasteiger partial charge is 0.451 e. The number of hydrogen-bond donors (Lipinski definition) is 1. The van der Waals surface area contributed by atoms with Gasteiger partial charge in [0.05, 0.1) is 0 Å². The zero-order chi connectivity index (χ0) is 15.2. The summed E-state index contributed by atoms with van der Waals surface area (Å²) in [4.78, 5) is 8.73. The van der Waals surface area contributed by atoms with Gasteiger partial charge in [-0.25, -0.2) is 9.97 Å². The lowest BCUT2D eigenvalue weighted by Gasteiger charge is -2.24. The minimum atomic E-state index is -4.58. The van der Waals surface area contributed by atoms with Crippen LogP contribution in [-0.4, -0.2) is 23.1 Å². The number of hydrogen-bond acceptors (Lipinski definition) is 4. The van der Waals surface area contributed by atoms with E-state index >= 15 is 0 Å². The molecule has 114 valence electrons. The van der Waals surface area contributed by atoms with E-state index in [1.807, 2.05) is 18.7 Å². The van der Waals surface area contributed by atoms with E-state index in [0.717, 1.165) is 25.7 Å². The van der Waals surface area contributed by atoms with E-state index in [4.69, 9.17) is 5.73 Å². The van der Waals surface area contributed by atoms with E-state index in [0.29, 0.717) is 13.1 Å². The van der Waals surface area contributed by atoms with Crippen LogP contribution in [-0.2, 0) is 6.18 Å². The predicted octanol–water partition coefficient (Wildman–Crippen LogP) is 3.48. The molecule has 1 heterocycles. The number of nitrogen functional groups attached to an aromatic ring is 1. The highest BCUT2D eigenvalue weighted by Gasteiger charge is 2.35. The van der Waals surface area contributed by atoms with Gasteiger partial charge >= 0.3 is 6.18 Å². The molecule has 0 aromatic carbocycles. The van der Waals surface area contributed by atoms with Crippen molar-refractivity contribution < 1.29 is 13.2 Å². The van der Waals surface area contributed by atoms with E-state index in [-0.39, 0.29) is 11.6 Å². The van der Waals surface area contributed by atoms with Gasteiger partial charge in [0.2, 0.25) is 5.82 Å². The van der Waals surface area contributed by atoms with Crippen molar-refractivity contribution >= 4 is 11.6 Å². The second-order valence-corrected chi connectivity index (χ2v) is 4.67. The topological polar surface area (TPSA) is 55.0 Å². The highest BCUT2D eigenvalue weighted by atomic mass is 19.4. The van der Waals surface area contributed by atoms with Gasteiger partial charge in [-0.1, -0.05) is 26.7 Å². The Kier molecular flexibility index (Phi) is 6.04. The molecule has 0 saturated carbocycles. The fourth-order valence-electron chi connectivity index (χ4n) is 1.78. The summed E-state index contributed by atoms with van der Waals surface area (Å²) in [5, 5.41) is 0. The van der Waals surface area contributed by atoms with Gasteiger partial charge in [0.25, 0.3) is 0 Å². The molecule has 0 atom stereocenters. The number of nitrogens with two attached hydrogens (primary N) is 1. The molecular weight excluding hydrogens is 269 g/mol. The van der Waals surface area contributed by atoms with Crippen LogP contribution >= 0.6 is 0 Å². The van der Waals surface area contributed by atoms with Crippen molar-refractivity contribution in [3.63, 3.8) is 0 Å². The molecule has 2 N–H and O–H groups in total. The van der Waals surface area contributed by atoms with E-state index < -0.39 is 12.0 Å². The fourth-order valence-corrected chi connectivity index (χ4v) is 1.78. The average molecular weight is 290 g/mol. The molecule has 1 aromatic rings. The first-order chi connectivity index (χ1) is 9.38. The standard InChI is InChI=1S/C13H21F3N4/c1-3-5-7-20(8-6-4-2)11-9-10(17)18-12(19-11)13(14,15)16/h9H,3-8H2,1-2H3,(H2,17,18,19). The molecule has 0 aliphatic carbocycles. The summed E-state index contributed by atoms with van der Waals surface area (Å²) in [6.45, 7) is 5.41. The van der Waals surface area contributed by atoms with Gasteiger partial charge < -0.3 is 10.6 Å². The number of anilines is 2. The monoisotopic (exact) mass is 290 g/mol. The maximum atomic E-state index is 12.7. The van der Waals surface area contributed by atoms with Gasteiger partial charge in [-0.15, -0.1) is 0 Å². The maximum Gasteiger partial charge on any atom is 0.451 e. The Morgan fingerprint density at radius 2 is 1.65 bits per heavy atom. The van der Waals surface area contributed by atoms with Crippen molar-refractivity contribution in [3.05, 3.63) is 11.9 Å². The summed E-state index contributed by atoms with van der Waals surface area (Å²) in [6.07, 6.45) is -0.847. The van der Waals surface area contributed by atoms with E-state index in [1.54, 1.807) is 0 Å². The molecule has 0 amide bonds. The van der Waals surface area contributed by atoms with Gasteiger partial charge in [-0.05, 0) is 12.8 Å². The first-order valence-electron chi connectivity index (χ1n) is 6.85. The second kappa shape index (κ2) is 7.31. The Bertz CT molecular complexity index is 413. The quantitative estimate of drug-likeness (QED) is 0.835. The van der Waals surface area contributed by atoms with Gasteiger partial charge in [-0.3, -0.25) is 0 Å². The zero-order valence-electron chi connectivity index (χ0n) is 11.9. The number of rotatable bonds is 7. The summed E-state index contributed by atoms with van der Waals surface area (Å²) < 4.78 is 38.1. The Labute approximate surface area is 117 Å². The van der Waals surface area contributed by atoms with Crippen molar-refractivity contribution in [1.82, 2.24) is 9.97 Å². The number of unbranched alkanes of at least 4 members (excludes halogenated alkanes) is 2. The van der Waals surface area contributed by atoms with Crippen molar-refractivity contribution in [2.45, 2.75) is 45.7 Å². The zero-order valence-corrected chi connectivity index (χ0v) is 11.9. The minimum absolute atomic E-state index is 0.152. The molecule has 1 aromatic heterocycles. The molecule has 0 saturated heterocycles. The lowest BCUT2D eigenvalue weighted by molar-refractivity contribution is -0.144. The molecule has 0 fully saturated rings. The number of halogens is 3. The maximum absolute atomic E-state index is 12.7. The highest BCUT2D eigenvalue weighted by Crippen LogP contribution is 2.28. The molecular formula is C13H21F3N4. The van der Waals surface area contributed by atoms with Crippen LogP contribution in [0.4, 0.5) is 24.8 Å². The average Bonchev–Trinajstić information content (AvgIpc) is 2.37. The molecule has 0 spiro atoms. The van der Waals surface area contributed by atoms with E-state index in [9.17, 15) is 13.2 Å². The number of nitrogens with zero attached hydrogens (tertiary/aromatic N) is 3. The molecule has 0 unspecified atom stereocenters. The summed E-state index contributed by atoms with van der Waals surface area (Å²) in [5.41, 5.74) is 5.47. The van der Waals surface area contributed by atoms with Crippen molar-refractivity contribution in [1.29, 1.82) is 0 Å².